The summed E-state index contributed by atoms with van der Waals surface area (Å²) in [6.45, 7) is 10.8. The van der Waals surface area contributed by atoms with Crippen molar-refractivity contribution in [2.75, 3.05) is 0 Å². The molecular formula is C16H18. The first-order valence-corrected chi connectivity index (χ1v) is 5.78. The van der Waals surface area contributed by atoms with Crippen molar-refractivity contribution >= 4 is 6.08 Å². The number of allylic oxidation sites excluding steroid dienone is 1. The summed E-state index contributed by atoms with van der Waals surface area (Å²) in [5.41, 5.74) is 9.90. The van der Waals surface area contributed by atoms with Crippen molar-refractivity contribution < 1.29 is 0 Å². The SMILES string of the molecule is CC#CC1=Cc2c(C)c(C)c(C)c(C)c2C1. The molecule has 0 saturated carbocycles. The maximum absolute atomic E-state index is 3.20. The van der Waals surface area contributed by atoms with Crippen molar-refractivity contribution in [3.05, 3.63) is 39.0 Å². The van der Waals surface area contributed by atoms with E-state index in [1.54, 1.807) is 0 Å². The molecule has 1 aliphatic rings. The van der Waals surface area contributed by atoms with Gasteiger partial charge in [-0.1, -0.05) is 5.92 Å². The molecule has 0 saturated heterocycles. The van der Waals surface area contributed by atoms with E-state index in [-0.39, 0.29) is 0 Å². The van der Waals surface area contributed by atoms with E-state index in [0.29, 0.717) is 0 Å². The molecule has 0 radical (unpaired) electrons. The van der Waals surface area contributed by atoms with Crippen LogP contribution in [0.5, 0.6) is 0 Å². The molecule has 0 bridgehead atoms. The summed E-state index contributed by atoms with van der Waals surface area (Å²) in [7, 11) is 0. The largest absolute Gasteiger partial charge is 0.102 e. The van der Waals surface area contributed by atoms with Crippen LogP contribution < -0.4 is 0 Å². The molecule has 2 rings (SSSR count). The molecule has 0 spiro atoms. The van der Waals surface area contributed by atoms with Crippen molar-refractivity contribution in [3.8, 4) is 11.8 Å². The first-order valence-electron chi connectivity index (χ1n) is 5.78. The minimum absolute atomic E-state index is 1.02. The molecule has 0 atom stereocenters. The molecule has 1 aliphatic carbocycles. The van der Waals surface area contributed by atoms with Crippen LogP contribution >= 0.6 is 0 Å². The van der Waals surface area contributed by atoms with Gasteiger partial charge in [-0.2, -0.15) is 0 Å². The lowest BCUT2D eigenvalue weighted by molar-refractivity contribution is 1.13. The normalized spacial score (nSPS) is 12.9. The molecule has 0 amide bonds. The van der Waals surface area contributed by atoms with Crippen LogP contribution in [0.3, 0.4) is 0 Å². The van der Waals surface area contributed by atoms with Gasteiger partial charge in [-0.3, -0.25) is 0 Å². The number of rotatable bonds is 0. The van der Waals surface area contributed by atoms with Crippen LogP contribution in [0.15, 0.2) is 5.57 Å². The third-order valence-electron chi connectivity index (χ3n) is 3.84. The Hall–Kier alpha value is -1.48. The maximum atomic E-state index is 3.20. The van der Waals surface area contributed by atoms with Gasteiger partial charge < -0.3 is 0 Å². The topological polar surface area (TPSA) is 0 Å². The van der Waals surface area contributed by atoms with Gasteiger partial charge in [0.15, 0.2) is 0 Å². The van der Waals surface area contributed by atoms with Gasteiger partial charge in [0.2, 0.25) is 0 Å². The average Bonchev–Trinajstić information content (AvgIpc) is 2.68. The van der Waals surface area contributed by atoms with Crippen LogP contribution in [0.1, 0.15) is 40.3 Å². The van der Waals surface area contributed by atoms with E-state index in [4.69, 9.17) is 0 Å². The smallest absolute Gasteiger partial charge is 0.00704 e. The van der Waals surface area contributed by atoms with Crippen molar-refractivity contribution in [3.63, 3.8) is 0 Å². The lowest BCUT2D eigenvalue weighted by atomic mass is 9.90. The van der Waals surface area contributed by atoms with Gasteiger partial charge in [0, 0.05) is 12.0 Å². The minimum atomic E-state index is 1.02. The quantitative estimate of drug-likeness (QED) is 0.570. The van der Waals surface area contributed by atoms with Gasteiger partial charge in [0.25, 0.3) is 0 Å². The Kier molecular flexibility index (Phi) is 2.64. The van der Waals surface area contributed by atoms with Crippen molar-refractivity contribution in [1.82, 2.24) is 0 Å². The van der Waals surface area contributed by atoms with Crippen LogP contribution in [-0.4, -0.2) is 0 Å². The highest BCUT2D eigenvalue weighted by atomic mass is 14.2. The van der Waals surface area contributed by atoms with E-state index in [0.717, 1.165) is 6.42 Å². The number of hydrogen-bond acceptors (Lipinski definition) is 0. The van der Waals surface area contributed by atoms with E-state index in [2.05, 4.69) is 45.6 Å². The Labute approximate surface area is 98.4 Å². The standard InChI is InChI=1S/C16H18/c1-6-7-14-8-15-12(4)10(2)11(3)13(5)16(15)9-14/h8H,9H2,1-5H3. The van der Waals surface area contributed by atoms with Gasteiger partial charge in [-0.25, -0.2) is 0 Å². The summed E-state index contributed by atoms with van der Waals surface area (Å²) in [6.07, 6.45) is 3.28. The van der Waals surface area contributed by atoms with Crippen LogP contribution in [0.4, 0.5) is 0 Å². The van der Waals surface area contributed by atoms with E-state index >= 15 is 0 Å². The molecular weight excluding hydrogens is 192 g/mol. The third-order valence-corrected chi connectivity index (χ3v) is 3.84. The first-order chi connectivity index (χ1) is 7.56. The van der Waals surface area contributed by atoms with Gasteiger partial charge in [-0.15, -0.1) is 5.92 Å². The van der Waals surface area contributed by atoms with E-state index in [9.17, 15) is 0 Å². The number of benzene rings is 1. The third kappa shape index (κ3) is 1.48. The molecule has 0 heteroatoms. The van der Waals surface area contributed by atoms with E-state index in [1.807, 2.05) is 6.92 Å². The Morgan fingerprint density at radius 3 is 2.19 bits per heavy atom. The van der Waals surface area contributed by atoms with Crippen molar-refractivity contribution in [2.24, 2.45) is 0 Å². The van der Waals surface area contributed by atoms with Gasteiger partial charge in [-0.05, 0) is 74.1 Å². The molecule has 0 aromatic heterocycles. The lowest BCUT2D eigenvalue weighted by Gasteiger charge is -2.15. The summed E-state index contributed by atoms with van der Waals surface area (Å²) in [5.74, 6) is 6.19. The average molecular weight is 210 g/mol. The molecule has 0 nitrogen and oxygen atoms in total. The second-order valence-corrected chi connectivity index (χ2v) is 4.61. The zero-order chi connectivity index (χ0) is 11.9. The Bertz CT molecular complexity index is 546. The second kappa shape index (κ2) is 3.83. The molecule has 1 aromatic rings. The van der Waals surface area contributed by atoms with Gasteiger partial charge in [0.1, 0.15) is 0 Å². The highest BCUT2D eigenvalue weighted by Gasteiger charge is 2.19. The second-order valence-electron chi connectivity index (χ2n) is 4.61. The lowest BCUT2D eigenvalue weighted by Crippen LogP contribution is -1.99. The summed E-state index contributed by atoms with van der Waals surface area (Å²) in [4.78, 5) is 0. The zero-order valence-electron chi connectivity index (χ0n) is 10.8. The predicted molar refractivity (Wildman–Crippen MR) is 70.5 cm³/mol. The van der Waals surface area contributed by atoms with Crippen LogP contribution in [-0.2, 0) is 6.42 Å². The Morgan fingerprint density at radius 1 is 0.938 bits per heavy atom. The molecule has 82 valence electrons. The van der Waals surface area contributed by atoms with Gasteiger partial charge in [0.05, 0.1) is 0 Å². The fourth-order valence-corrected chi connectivity index (χ4v) is 2.50. The fourth-order valence-electron chi connectivity index (χ4n) is 2.50. The summed E-state index contributed by atoms with van der Waals surface area (Å²) < 4.78 is 0. The fraction of sp³-hybridized carbons (Fsp3) is 0.375. The van der Waals surface area contributed by atoms with E-state index < -0.39 is 0 Å². The molecule has 1 aromatic carbocycles. The highest BCUT2D eigenvalue weighted by molar-refractivity contribution is 5.73. The summed E-state index contributed by atoms with van der Waals surface area (Å²) in [6, 6.07) is 0. The summed E-state index contributed by atoms with van der Waals surface area (Å²) >= 11 is 0. The highest BCUT2D eigenvalue weighted by Crippen LogP contribution is 2.34. The van der Waals surface area contributed by atoms with Gasteiger partial charge >= 0.3 is 0 Å². The predicted octanol–water partition coefficient (Wildman–Crippen LogP) is 3.88. The number of fused-ring (bicyclic) bond motifs is 1. The van der Waals surface area contributed by atoms with E-state index in [1.165, 1.54) is 39.0 Å². The molecule has 0 N–H and O–H groups in total. The molecule has 0 aliphatic heterocycles. The maximum Gasteiger partial charge on any atom is 0.00704 e. The minimum Gasteiger partial charge on any atom is -0.102 e. The molecule has 0 fully saturated rings. The monoisotopic (exact) mass is 210 g/mol. The Morgan fingerprint density at radius 2 is 1.56 bits per heavy atom. The van der Waals surface area contributed by atoms with Crippen molar-refractivity contribution in [2.45, 2.75) is 41.0 Å². The molecule has 0 heterocycles. The zero-order valence-corrected chi connectivity index (χ0v) is 10.8. The van der Waals surface area contributed by atoms with Crippen LogP contribution in [0, 0.1) is 39.5 Å². The van der Waals surface area contributed by atoms with Crippen LogP contribution in [0.25, 0.3) is 6.08 Å². The van der Waals surface area contributed by atoms with Crippen molar-refractivity contribution in [1.29, 1.82) is 0 Å². The first kappa shape index (κ1) is 11.0. The Balaban J connectivity index is 2.66. The molecule has 0 unspecified atom stereocenters. The summed E-state index contributed by atoms with van der Waals surface area (Å²) in [5, 5.41) is 0. The number of hydrogen-bond donors (Lipinski definition) is 0. The van der Waals surface area contributed by atoms with Crippen LogP contribution in [0.2, 0.25) is 0 Å². The molecule has 16 heavy (non-hydrogen) atoms.